The predicted octanol–water partition coefficient (Wildman–Crippen LogP) is 4.01. The number of aromatic amines is 1. The number of aromatic nitrogens is 2. The molecule has 1 aromatic carbocycles. The van der Waals surface area contributed by atoms with Crippen LogP contribution in [0.5, 0.6) is 0 Å². The molecule has 0 fully saturated rings. The molecule has 0 bridgehead atoms. The van der Waals surface area contributed by atoms with E-state index < -0.39 is 0 Å². The van der Waals surface area contributed by atoms with Crippen LogP contribution in [0.3, 0.4) is 0 Å². The van der Waals surface area contributed by atoms with Crippen LogP contribution in [0.2, 0.25) is 0 Å². The summed E-state index contributed by atoms with van der Waals surface area (Å²) in [5.41, 5.74) is 2.69. The molecule has 18 heavy (non-hydrogen) atoms. The predicted molar refractivity (Wildman–Crippen MR) is 75.9 cm³/mol. The van der Waals surface area contributed by atoms with E-state index >= 15 is 0 Å². The van der Waals surface area contributed by atoms with Gasteiger partial charge in [0.15, 0.2) is 4.77 Å². The second-order valence-electron chi connectivity index (χ2n) is 5.35. The van der Waals surface area contributed by atoms with E-state index in [2.05, 4.69) is 36.4 Å². The first-order valence-electron chi connectivity index (χ1n) is 6.10. The number of hydrogen-bond donors (Lipinski definition) is 1. The Labute approximate surface area is 112 Å². The number of fused-ring (bicyclic) bond motifs is 1. The highest BCUT2D eigenvalue weighted by atomic mass is 32.1. The molecule has 0 aliphatic heterocycles. The number of nitriles is 1. The quantitative estimate of drug-likeness (QED) is 0.846. The van der Waals surface area contributed by atoms with Crippen LogP contribution >= 0.6 is 12.2 Å². The molecule has 0 spiro atoms. The molecule has 2 aromatic rings. The van der Waals surface area contributed by atoms with Crippen LogP contribution in [-0.2, 0) is 6.54 Å². The largest absolute Gasteiger partial charge is 0.329 e. The molecule has 0 radical (unpaired) electrons. The van der Waals surface area contributed by atoms with Gasteiger partial charge in [0.05, 0.1) is 16.6 Å². The number of nitrogens with zero attached hydrogens (tertiary/aromatic N) is 2. The smallest absolute Gasteiger partial charge is 0.178 e. The van der Waals surface area contributed by atoms with Gasteiger partial charge in [0.2, 0.25) is 0 Å². The number of rotatable bonds is 3. The minimum atomic E-state index is 0.190. The van der Waals surface area contributed by atoms with Gasteiger partial charge < -0.3 is 9.55 Å². The minimum absolute atomic E-state index is 0.190. The number of imidazole rings is 1. The van der Waals surface area contributed by atoms with E-state index in [1.807, 2.05) is 18.2 Å². The van der Waals surface area contributed by atoms with Crippen molar-refractivity contribution in [1.82, 2.24) is 9.55 Å². The summed E-state index contributed by atoms with van der Waals surface area (Å²) in [7, 11) is 0. The fourth-order valence-corrected chi connectivity index (χ4v) is 2.24. The Bertz CT molecular complexity index is 670. The van der Waals surface area contributed by atoms with E-state index in [9.17, 15) is 0 Å². The lowest BCUT2D eigenvalue weighted by Gasteiger charge is -2.23. The molecule has 4 heteroatoms. The Morgan fingerprint density at radius 1 is 1.44 bits per heavy atom. The maximum atomic E-state index is 9.10. The number of nitrogens with one attached hydrogen (secondary N) is 1. The van der Waals surface area contributed by atoms with Gasteiger partial charge in [-0.2, -0.15) is 5.26 Å². The third-order valence-corrected chi connectivity index (χ3v) is 3.80. The van der Waals surface area contributed by atoms with Gasteiger partial charge in [-0.15, -0.1) is 0 Å². The summed E-state index contributed by atoms with van der Waals surface area (Å²) < 4.78 is 2.78. The first kappa shape index (κ1) is 12.8. The molecule has 0 amide bonds. The molecule has 1 N–H and O–H groups in total. The zero-order chi connectivity index (χ0) is 13.3. The first-order valence-corrected chi connectivity index (χ1v) is 6.51. The lowest BCUT2D eigenvalue weighted by molar-refractivity contribution is 0.297. The third kappa shape index (κ3) is 2.19. The highest BCUT2D eigenvalue weighted by Crippen LogP contribution is 2.26. The van der Waals surface area contributed by atoms with E-state index in [0.29, 0.717) is 10.3 Å². The molecule has 0 atom stereocenters. The fraction of sp³-hybridized carbons (Fsp3) is 0.429. The Kier molecular flexibility index (Phi) is 3.27. The minimum Gasteiger partial charge on any atom is -0.329 e. The van der Waals surface area contributed by atoms with Crippen LogP contribution in [0.15, 0.2) is 18.2 Å². The summed E-state index contributed by atoms with van der Waals surface area (Å²) in [6, 6.07) is 7.91. The van der Waals surface area contributed by atoms with Gasteiger partial charge >= 0.3 is 0 Å². The molecular weight excluding hydrogens is 242 g/mol. The van der Waals surface area contributed by atoms with Crippen molar-refractivity contribution in [1.29, 1.82) is 5.26 Å². The zero-order valence-corrected chi connectivity index (χ0v) is 11.8. The average molecular weight is 259 g/mol. The summed E-state index contributed by atoms with van der Waals surface area (Å²) in [4.78, 5) is 3.15. The van der Waals surface area contributed by atoms with E-state index in [0.717, 1.165) is 24.0 Å². The highest BCUT2D eigenvalue weighted by molar-refractivity contribution is 7.71. The van der Waals surface area contributed by atoms with Crippen molar-refractivity contribution in [2.75, 3.05) is 0 Å². The number of para-hydroxylation sites is 1. The van der Waals surface area contributed by atoms with Crippen LogP contribution in [0, 0.1) is 21.5 Å². The maximum Gasteiger partial charge on any atom is 0.178 e. The monoisotopic (exact) mass is 259 g/mol. The van der Waals surface area contributed by atoms with Crippen LogP contribution in [-0.4, -0.2) is 9.55 Å². The standard InChI is InChI=1S/C14H17N3S/c1-4-14(2,3)9-17-11-7-5-6-10(8-15)12(11)16-13(17)18/h5-7H,4,9H2,1-3H3,(H,16,18). The first-order chi connectivity index (χ1) is 8.48. The summed E-state index contributed by atoms with van der Waals surface area (Å²) in [6.45, 7) is 7.49. The second-order valence-corrected chi connectivity index (χ2v) is 5.73. The van der Waals surface area contributed by atoms with Gasteiger partial charge in [0, 0.05) is 6.54 Å². The van der Waals surface area contributed by atoms with Crippen molar-refractivity contribution < 1.29 is 0 Å². The van der Waals surface area contributed by atoms with E-state index in [1.165, 1.54) is 0 Å². The molecular formula is C14H17N3S. The normalized spacial score (nSPS) is 11.7. The van der Waals surface area contributed by atoms with Crippen molar-refractivity contribution in [3.05, 3.63) is 28.5 Å². The SMILES string of the molecule is CCC(C)(C)Cn1c(=S)[nH]c2c(C#N)cccc21. The van der Waals surface area contributed by atoms with Gasteiger partial charge in [-0.05, 0) is 36.2 Å². The topological polar surface area (TPSA) is 44.5 Å². The molecule has 0 saturated heterocycles. The molecule has 1 aromatic heterocycles. The van der Waals surface area contributed by atoms with Crippen LogP contribution < -0.4 is 0 Å². The highest BCUT2D eigenvalue weighted by Gasteiger charge is 2.18. The van der Waals surface area contributed by atoms with E-state index in [4.69, 9.17) is 17.5 Å². The lowest BCUT2D eigenvalue weighted by atomic mass is 9.90. The van der Waals surface area contributed by atoms with Crippen molar-refractivity contribution in [2.45, 2.75) is 33.7 Å². The molecule has 0 saturated carbocycles. The third-order valence-electron chi connectivity index (χ3n) is 3.47. The van der Waals surface area contributed by atoms with Crippen molar-refractivity contribution in [3.63, 3.8) is 0 Å². The van der Waals surface area contributed by atoms with Crippen molar-refractivity contribution >= 4 is 23.3 Å². The lowest BCUT2D eigenvalue weighted by Crippen LogP contribution is -2.18. The van der Waals surface area contributed by atoms with Gasteiger partial charge in [-0.25, -0.2) is 0 Å². The van der Waals surface area contributed by atoms with Crippen molar-refractivity contribution in [2.24, 2.45) is 5.41 Å². The molecule has 0 aliphatic carbocycles. The number of hydrogen-bond acceptors (Lipinski definition) is 2. The summed E-state index contributed by atoms with van der Waals surface area (Å²) in [5, 5.41) is 9.10. The van der Waals surface area contributed by atoms with Gasteiger partial charge in [0.25, 0.3) is 0 Å². The Morgan fingerprint density at radius 3 is 2.78 bits per heavy atom. The van der Waals surface area contributed by atoms with Crippen LogP contribution in [0.4, 0.5) is 0 Å². The van der Waals surface area contributed by atoms with Crippen LogP contribution in [0.25, 0.3) is 11.0 Å². The zero-order valence-electron chi connectivity index (χ0n) is 10.9. The fourth-order valence-electron chi connectivity index (χ4n) is 1.97. The van der Waals surface area contributed by atoms with Gasteiger partial charge in [-0.3, -0.25) is 0 Å². The molecule has 94 valence electrons. The Hall–Kier alpha value is -1.60. The maximum absolute atomic E-state index is 9.10. The molecule has 2 rings (SSSR count). The van der Waals surface area contributed by atoms with Gasteiger partial charge in [0.1, 0.15) is 6.07 Å². The summed E-state index contributed by atoms with van der Waals surface area (Å²) >= 11 is 5.37. The summed E-state index contributed by atoms with van der Waals surface area (Å²) in [6.07, 6.45) is 1.08. The summed E-state index contributed by atoms with van der Waals surface area (Å²) in [5.74, 6) is 0. The number of H-pyrrole nitrogens is 1. The molecule has 1 heterocycles. The Balaban J connectivity index is 2.63. The molecule has 0 unspecified atom stereocenters. The number of benzene rings is 1. The second kappa shape index (κ2) is 4.58. The van der Waals surface area contributed by atoms with E-state index in [1.54, 1.807) is 0 Å². The van der Waals surface area contributed by atoms with E-state index in [-0.39, 0.29) is 5.41 Å². The Morgan fingerprint density at radius 2 is 2.17 bits per heavy atom. The van der Waals surface area contributed by atoms with Crippen LogP contribution in [0.1, 0.15) is 32.8 Å². The molecule has 3 nitrogen and oxygen atoms in total. The average Bonchev–Trinajstić information content (AvgIpc) is 2.66. The van der Waals surface area contributed by atoms with Gasteiger partial charge in [-0.1, -0.05) is 26.8 Å². The van der Waals surface area contributed by atoms with Crippen molar-refractivity contribution in [3.8, 4) is 6.07 Å². The molecule has 0 aliphatic rings.